The molecule has 0 aliphatic rings. The molecule has 2 N–H and O–H groups in total. The average molecular weight is 343 g/mol. The lowest BCUT2D eigenvalue weighted by molar-refractivity contribution is 0.411. The molecule has 0 unspecified atom stereocenters. The molecule has 7 nitrogen and oxygen atoms in total. The molecule has 0 bridgehead atoms. The number of benzene rings is 2. The molecule has 0 saturated heterocycles. The Balaban J connectivity index is 2.38. The van der Waals surface area contributed by atoms with Crippen LogP contribution in [-0.4, -0.2) is 23.9 Å². The Morgan fingerprint density at radius 3 is 2.09 bits per heavy atom. The highest BCUT2D eigenvalue weighted by atomic mass is 32.2. The Labute approximate surface area is 128 Å². The van der Waals surface area contributed by atoms with Crippen LogP contribution in [0.1, 0.15) is 0 Å². The van der Waals surface area contributed by atoms with E-state index in [-0.39, 0.29) is 15.5 Å². The molecule has 0 radical (unpaired) electrons. The zero-order chi connectivity index (χ0) is 16.4. The van der Waals surface area contributed by atoms with Gasteiger partial charge in [0.1, 0.15) is 16.4 Å². The van der Waals surface area contributed by atoms with Crippen molar-refractivity contribution in [3.8, 4) is 11.5 Å². The second kappa shape index (κ2) is 5.95. The first-order chi connectivity index (χ1) is 10.2. The van der Waals surface area contributed by atoms with Gasteiger partial charge >= 0.3 is 10.1 Å². The minimum absolute atomic E-state index is 0.0420. The van der Waals surface area contributed by atoms with E-state index >= 15 is 0 Å². The summed E-state index contributed by atoms with van der Waals surface area (Å²) in [5.41, 5.74) is 0. The summed E-state index contributed by atoms with van der Waals surface area (Å²) in [6.07, 6.45) is 0. The van der Waals surface area contributed by atoms with Crippen LogP contribution in [-0.2, 0) is 20.1 Å². The normalized spacial score (nSPS) is 11.9. The quantitative estimate of drug-likeness (QED) is 0.814. The lowest BCUT2D eigenvalue weighted by Gasteiger charge is -2.09. The number of sulfonamides is 1. The molecule has 0 atom stereocenters. The van der Waals surface area contributed by atoms with E-state index in [0.29, 0.717) is 5.75 Å². The molecule has 0 amide bonds. The van der Waals surface area contributed by atoms with Crippen LogP contribution in [0.5, 0.6) is 11.5 Å². The maximum Gasteiger partial charge on any atom is 0.339 e. The van der Waals surface area contributed by atoms with Crippen molar-refractivity contribution in [1.29, 1.82) is 0 Å². The first-order valence-electron chi connectivity index (χ1n) is 5.94. The first-order valence-corrected chi connectivity index (χ1v) is 8.89. The highest BCUT2D eigenvalue weighted by molar-refractivity contribution is 7.89. The summed E-state index contributed by atoms with van der Waals surface area (Å²) < 4.78 is 56.8. The summed E-state index contributed by atoms with van der Waals surface area (Å²) in [5.74, 6) is 0.464. The second-order valence-corrected chi connectivity index (χ2v) is 7.34. The van der Waals surface area contributed by atoms with Crippen LogP contribution in [0.15, 0.2) is 58.3 Å². The lowest BCUT2D eigenvalue weighted by Crippen LogP contribution is -2.14. The summed E-state index contributed by atoms with van der Waals surface area (Å²) >= 11 is 0. The molecule has 9 heteroatoms. The average Bonchev–Trinajstić information content (AvgIpc) is 2.46. The van der Waals surface area contributed by atoms with Gasteiger partial charge in [-0.1, -0.05) is 12.1 Å². The molecule has 2 rings (SSSR count). The van der Waals surface area contributed by atoms with Crippen molar-refractivity contribution in [1.82, 2.24) is 0 Å². The first kappa shape index (κ1) is 16.3. The van der Waals surface area contributed by atoms with Crippen molar-refractivity contribution >= 4 is 20.1 Å². The van der Waals surface area contributed by atoms with Crippen LogP contribution in [0.25, 0.3) is 0 Å². The molecule has 0 saturated carbocycles. The third kappa shape index (κ3) is 3.75. The molecule has 0 aliphatic carbocycles. The molecule has 2 aromatic rings. The third-order valence-corrected chi connectivity index (χ3v) is 4.82. The number of methoxy groups -OCH3 is 1. The van der Waals surface area contributed by atoms with E-state index in [9.17, 15) is 16.8 Å². The molecule has 0 aliphatic heterocycles. The largest absolute Gasteiger partial charge is 0.497 e. The Morgan fingerprint density at radius 1 is 0.864 bits per heavy atom. The van der Waals surface area contributed by atoms with Gasteiger partial charge in [0.15, 0.2) is 0 Å². The molecular formula is C13H13NO6S2. The number of primary sulfonamides is 1. The standard InChI is InChI=1S/C13H13NO6S2/c1-19-10-4-2-5-11(8-10)20-22(17,18)13-7-3-6-12(9-13)21(14,15)16/h2-9H,1H3,(H2,14,15,16). The van der Waals surface area contributed by atoms with Crippen LogP contribution >= 0.6 is 0 Å². The van der Waals surface area contributed by atoms with E-state index in [1.807, 2.05) is 0 Å². The van der Waals surface area contributed by atoms with E-state index in [4.69, 9.17) is 14.1 Å². The summed E-state index contributed by atoms with van der Waals surface area (Å²) in [6, 6.07) is 10.6. The van der Waals surface area contributed by atoms with Gasteiger partial charge in [-0.2, -0.15) is 8.42 Å². The minimum Gasteiger partial charge on any atom is -0.497 e. The van der Waals surface area contributed by atoms with Crippen molar-refractivity contribution in [3.63, 3.8) is 0 Å². The number of hydrogen-bond donors (Lipinski definition) is 1. The highest BCUT2D eigenvalue weighted by Gasteiger charge is 2.19. The van der Waals surface area contributed by atoms with Crippen molar-refractivity contribution in [2.24, 2.45) is 5.14 Å². The summed E-state index contributed by atoms with van der Waals surface area (Å²) in [4.78, 5) is -0.635. The van der Waals surface area contributed by atoms with Crippen molar-refractivity contribution in [2.75, 3.05) is 7.11 Å². The fourth-order valence-corrected chi connectivity index (χ4v) is 3.24. The predicted octanol–water partition coefficient (Wildman–Crippen LogP) is 1.11. The van der Waals surface area contributed by atoms with Gasteiger partial charge < -0.3 is 8.92 Å². The third-order valence-electron chi connectivity index (χ3n) is 2.67. The Hall–Kier alpha value is -2.10. The number of ether oxygens (including phenoxy) is 1. The Kier molecular flexibility index (Phi) is 4.40. The topological polar surface area (TPSA) is 113 Å². The minimum atomic E-state index is -4.20. The highest BCUT2D eigenvalue weighted by Crippen LogP contribution is 2.24. The van der Waals surface area contributed by atoms with Gasteiger partial charge in [0.2, 0.25) is 10.0 Å². The van der Waals surface area contributed by atoms with Gasteiger partial charge in [-0.25, -0.2) is 13.6 Å². The zero-order valence-electron chi connectivity index (χ0n) is 11.5. The molecule has 0 heterocycles. The Morgan fingerprint density at radius 2 is 1.45 bits per heavy atom. The second-order valence-electron chi connectivity index (χ2n) is 4.24. The van der Waals surface area contributed by atoms with E-state index in [1.165, 1.54) is 37.4 Å². The fraction of sp³-hybridized carbons (Fsp3) is 0.0769. The van der Waals surface area contributed by atoms with Gasteiger partial charge in [-0.05, 0) is 30.3 Å². The smallest absolute Gasteiger partial charge is 0.339 e. The van der Waals surface area contributed by atoms with Gasteiger partial charge in [0.25, 0.3) is 0 Å². The molecule has 0 spiro atoms. The zero-order valence-corrected chi connectivity index (χ0v) is 13.1. The maximum absolute atomic E-state index is 12.2. The van der Waals surface area contributed by atoms with Gasteiger partial charge in [-0.15, -0.1) is 0 Å². The van der Waals surface area contributed by atoms with Gasteiger partial charge in [0, 0.05) is 6.07 Å². The van der Waals surface area contributed by atoms with Gasteiger partial charge in [0.05, 0.1) is 12.0 Å². The molecule has 22 heavy (non-hydrogen) atoms. The number of hydrogen-bond acceptors (Lipinski definition) is 6. The lowest BCUT2D eigenvalue weighted by atomic mass is 10.3. The summed E-state index contributed by atoms with van der Waals surface area (Å²) in [6.45, 7) is 0. The summed E-state index contributed by atoms with van der Waals surface area (Å²) in [5, 5.41) is 4.98. The molecular weight excluding hydrogens is 330 g/mol. The van der Waals surface area contributed by atoms with Crippen LogP contribution in [0.4, 0.5) is 0 Å². The fourth-order valence-electron chi connectivity index (χ4n) is 1.63. The predicted molar refractivity (Wildman–Crippen MR) is 78.6 cm³/mol. The molecule has 118 valence electrons. The summed E-state index contributed by atoms with van der Waals surface area (Å²) in [7, 11) is -6.77. The van der Waals surface area contributed by atoms with Crippen molar-refractivity contribution < 1.29 is 25.8 Å². The van der Waals surface area contributed by atoms with Gasteiger partial charge in [-0.3, -0.25) is 0 Å². The monoisotopic (exact) mass is 343 g/mol. The van der Waals surface area contributed by atoms with E-state index < -0.39 is 20.1 Å². The number of rotatable bonds is 5. The number of nitrogens with two attached hydrogens (primary N) is 1. The van der Waals surface area contributed by atoms with E-state index in [1.54, 1.807) is 12.1 Å². The van der Waals surface area contributed by atoms with Crippen LogP contribution < -0.4 is 14.1 Å². The Bertz CT molecular complexity index is 890. The van der Waals surface area contributed by atoms with Crippen molar-refractivity contribution in [2.45, 2.75) is 9.79 Å². The van der Waals surface area contributed by atoms with Crippen LogP contribution in [0.2, 0.25) is 0 Å². The van der Waals surface area contributed by atoms with E-state index in [0.717, 1.165) is 6.07 Å². The SMILES string of the molecule is COc1cccc(OS(=O)(=O)c2cccc(S(N)(=O)=O)c2)c1. The van der Waals surface area contributed by atoms with Crippen LogP contribution in [0.3, 0.4) is 0 Å². The van der Waals surface area contributed by atoms with Crippen molar-refractivity contribution in [3.05, 3.63) is 48.5 Å². The van der Waals surface area contributed by atoms with E-state index in [2.05, 4.69) is 0 Å². The maximum atomic E-state index is 12.2. The molecule has 2 aromatic carbocycles. The molecule has 0 aromatic heterocycles. The molecule has 0 fully saturated rings. The van der Waals surface area contributed by atoms with Crippen LogP contribution in [0, 0.1) is 0 Å².